The molecule has 3 heteroatoms. The molecule has 0 aliphatic carbocycles. The number of hydrogen-bond acceptors (Lipinski definition) is 2. The maximum atomic E-state index is 10.9. The molecule has 11 heavy (non-hydrogen) atoms. The highest BCUT2D eigenvalue weighted by atomic mass is 35.5. The summed E-state index contributed by atoms with van der Waals surface area (Å²) >= 11 is 5.38. The lowest BCUT2D eigenvalue weighted by molar-refractivity contribution is -0.117. The first-order valence-electron chi connectivity index (χ1n) is 3.78. The molecule has 0 aromatic heterocycles. The van der Waals surface area contributed by atoms with Crippen LogP contribution in [-0.4, -0.2) is 11.2 Å². The smallest absolute Gasteiger partial charge is 0.178 e. The van der Waals surface area contributed by atoms with Gasteiger partial charge in [-0.3, -0.25) is 4.79 Å². The van der Waals surface area contributed by atoms with Crippen LogP contribution in [0.25, 0.3) is 0 Å². The summed E-state index contributed by atoms with van der Waals surface area (Å²) in [6.45, 7) is 2.06. The molecule has 0 fully saturated rings. The summed E-state index contributed by atoms with van der Waals surface area (Å²) in [7, 11) is 0. The van der Waals surface area contributed by atoms with Gasteiger partial charge in [0.25, 0.3) is 0 Å². The average molecular weight is 174 g/mol. The highest BCUT2D eigenvalue weighted by molar-refractivity contribution is 6.33. The van der Waals surface area contributed by atoms with E-state index in [2.05, 4.69) is 6.92 Å². The summed E-state index contributed by atoms with van der Waals surface area (Å²) in [6, 6.07) is 1.71. The number of nitriles is 1. The van der Waals surface area contributed by atoms with Crippen molar-refractivity contribution >= 4 is 17.4 Å². The van der Waals surface area contributed by atoms with Crippen molar-refractivity contribution in [1.82, 2.24) is 0 Å². The van der Waals surface area contributed by atoms with Gasteiger partial charge in [-0.05, 0) is 6.42 Å². The summed E-state index contributed by atoms with van der Waals surface area (Å²) in [5.74, 6) is -0.150. The Morgan fingerprint density at radius 2 is 2.27 bits per heavy atom. The first-order valence-corrected chi connectivity index (χ1v) is 4.22. The second-order valence-electron chi connectivity index (χ2n) is 2.42. The molecule has 0 amide bonds. The molecule has 0 aromatic rings. The number of ketones is 1. The molecule has 1 unspecified atom stereocenters. The monoisotopic (exact) mass is 173 g/mol. The largest absolute Gasteiger partial charge is 0.297 e. The standard InChI is InChI=1S/C8H12ClNO/c1-2-3-4-5-8(11)7(9)6-10/h7H,2-5H2,1H3. The third-order valence-electron chi connectivity index (χ3n) is 1.42. The van der Waals surface area contributed by atoms with Gasteiger partial charge in [0.2, 0.25) is 0 Å². The number of nitrogens with zero attached hydrogens (tertiary/aromatic N) is 1. The van der Waals surface area contributed by atoms with Crippen LogP contribution < -0.4 is 0 Å². The summed E-state index contributed by atoms with van der Waals surface area (Å²) in [4.78, 5) is 10.9. The van der Waals surface area contributed by atoms with Gasteiger partial charge in [0, 0.05) is 6.42 Å². The van der Waals surface area contributed by atoms with Crippen molar-refractivity contribution < 1.29 is 4.79 Å². The van der Waals surface area contributed by atoms with E-state index >= 15 is 0 Å². The number of rotatable bonds is 5. The van der Waals surface area contributed by atoms with Crippen LogP contribution in [0.2, 0.25) is 0 Å². The molecular formula is C8H12ClNO. The summed E-state index contributed by atoms with van der Waals surface area (Å²) < 4.78 is 0. The highest BCUT2D eigenvalue weighted by Gasteiger charge is 2.12. The average Bonchev–Trinajstić information content (AvgIpc) is 2.03. The van der Waals surface area contributed by atoms with E-state index in [1.807, 2.05) is 0 Å². The first-order chi connectivity index (χ1) is 5.22. The predicted molar refractivity (Wildman–Crippen MR) is 44.4 cm³/mol. The minimum absolute atomic E-state index is 0.150. The molecule has 0 rings (SSSR count). The second kappa shape index (κ2) is 6.18. The van der Waals surface area contributed by atoms with Crippen LogP contribution in [0.15, 0.2) is 0 Å². The SMILES string of the molecule is CCCCCC(=O)C(Cl)C#N. The van der Waals surface area contributed by atoms with Gasteiger partial charge in [-0.1, -0.05) is 31.4 Å². The zero-order valence-electron chi connectivity index (χ0n) is 6.64. The third-order valence-corrected chi connectivity index (χ3v) is 1.76. The number of carbonyl (C=O) groups is 1. The van der Waals surface area contributed by atoms with Crippen molar-refractivity contribution in [2.45, 2.75) is 38.0 Å². The Morgan fingerprint density at radius 1 is 1.64 bits per heavy atom. The Labute approximate surface area is 72.2 Å². The van der Waals surface area contributed by atoms with Crippen molar-refractivity contribution in [3.05, 3.63) is 0 Å². The van der Waals surface area contributed by atoms with Crippen LogP contribution in [0.4, 0.5) is 0 Å². The van der Waals surface area contributed by atoms with Crippen LogP contribution in [0.1, 0.15) is 32.6 Å². The van der Waals surface area contributed by atoms with Gasteiger partial charge < -0.3 is 0 Å². The van der Waals surface area contributed by atoms with Gasteiger partial charge in [-0.2, -0.15) is 5.26 Å². The van der Waals surface area contributed by atoms with Crippen LogP contribution in [0.5, 0.6) is 0 Å². The van der Waals surface area contributed by atoms with Gasteiger partial charge in [0.05, 0.1) is 6.07 Å². The minimum Gasteiger partial charge on any atom is -0.297 e. The zero-order chi connectivity index (χ0) is 8.69. The van der Waals surface area contributed by atoms with Gasteiger partial charge in [-0.15, -0.1) is 0 Å². The molecule has 0 bridgehead atoms. The Bertz CT molecular complexity index is 162. The van der Waals surface area contributed by atoms with Crippen molar-refractivity contribution in [3.63, 3.8) is 0 Å². The van der Waals surface area contributed by atoms with E-state index in [1.165, 1.54) is 0 Å². The number of alkyl halides is 1. The van der Waals surface area contributed by atoms with Gasteiger partial charge >= 0.3 is 0 Å². The Hall–Kier alpha value is -0.550. The van der Waals surface area contributed by atoms with Gasteiger partial charge in [0.15, 0.2) is 11.2 Å². The molecule has 0 aromatic carbocycles. The minimum atomic E-state index is -0.938. The molecule has 0 spiro atoms. The fourth-order valence-corrected chi connectivity index (χ4v) is 0.857. The number of Topliss-reactive ketones (excluding diaryl/α,β-unsaturated/α-hetero) is 1. The maximum absolute atomic E-state index is 10.9. The molecular weight excluding hydrogens is 162 g/mol. The van der Waals surface area contributed by atoms with Crippen molar-refractivity contribution in [2.24, 2.45) is 0 Å². The molecule has 2 nitrogen and oxygen atoms in total. The second-order valence-corrected chi connectivity index (χ2v) is 2.85. The van der Waals surface area contributed by atoms with E-state index in [9.17, 15) is 4.79 Å². The molecule has 0 radical (unpaired) electrons. The quantitative estimate of drug-likeness (QED) is 0.473. The van der Waals surface area contributed by atoms with E-state index in [0.29, 0.717) is 6.42 Å². The molecule has 0 N–H and O–H groups in total. The molecule has 0 heterocycles. The summed E-state index contributed by atoms with van der Waals surface area (Å²) in [5.41, 5.74) is 0. The zero-order valence-corrected chi connectivity index (χ0v) is 7.40. The summed E-state index contributed by atoms with van der Waals surface area (Å²) in [6.07, 6.45) is 3.39. The fourth-order valence-electron chi connectivity index (χ4n) is 0.748. The van der Waals surface area contributed by atoms with E-state index in [0.717, 1.165) is 19.3 Å². The number of unbranched alkanes of at least 4 members (excludes halogenated alkanes) is 2. The van der Waals surface area contributed by atoms with Crippen LogP contribution >= 0.6 is 11.6 Å². The van der Waals surface area contributed by atoms with E-state index in [4.69, 9.17) is 16.9 Å². The topological polar surface area (TPSA) is 40.9 Å². The van der Waals surface area contributed by atoms with E-state index < -0.39 is 5.38 Å². The van der Waals surface area contributed by atoms with Crippen LogP contribution in [0.3, 0.4) is 0 Å². The predicted octanol–water partition coefficient (Wildman–Crippen LogP) is 2.27. The van der Waals surface area contributed by atoms with Gasteiger partial charge in [0.1, 0.15) is 0 Å². The lowest BCUT2D eigenvalue weighted by atomic mass is 10.1. The summed E-state index contributed by atoms with van der Waals surface area (Å²) in [5, 5.41) is 7.32. The maximum Gasteiger partial charge on any atom is 0.178 e. The Kier molecular flexibility index (Phi) is 5.87. The lowest BCUT2D eigenvalue weighted by Crippen LogP contribution is -2.11. The molecule has 62 valence electrons. The molecule has 1 atom stereocenters. The van der Waals surface area contributed by atoms with Crippen molar-refractivity contribution in [2.75, 3.05) is 0 Å². The lowest BCUT2D eigenvalue weighted by Gasteiger charge is -1.98. The number of hydrogen-bond donors (Lipinski definition) is 0. The van der Waals surface area contributed by atoms with E-state index in [-0.39, 0.29) is 5.78 Å². The molecule has 0 aliphatic rings. The molecule has 0 saturated heterocycles. The van der Waals surface area contributed by atoms with Crippen molar-refractivity contribution in [1.29, 1.82) is 5.26 Å². The normalized spacial score (nSPS) is 12.1. The Morgan fingerprint density at radius 3 is 2.73 bits per heavy atom. The van der Waals surface area contributed by atoms with Crippen LogP contribution in [0, 0.1) is 11.3 Å². The molecule has 0 aliphatic heterocycles. The van der Waals surface area contributed by atoms with E-state index in [1.54, 1.807) is 6.07 Å². The third kappa shape index (κ3) is 4.80. The highest BCUT2D eigenvalue weighted by Crippen LogP contribution is 2.05. The molecule has 0 saturated carbocycles. The van der Waals surface area contributed by atoms with Crippen molar-refractivity contribution in [3.8, 4) is 6.07 Å². The van der Waals surface area contributed by atoms with Crippen LogP contribution in [-0.2, 0) is 4.79 Å². The number of carbonyl (C=O) groups excluding carboxylic acids is 1. The van der Waals surface area contributed by atoms with Gasteiger partial charge in [-0.25, -0.2) is 0 Å². The fraction of sp³-hybridized carbons (Fsp3) is 0.750. The Balaban J connectivity index is 3.46. The number of halogens is 1. The first kappa shape index (κ1) is 10.4.